The number of carbonyl (C=O) groups is 1. The summed E-state index contributed by atoms with van der Waals surface area (Å²) in [5.74, 6) is -0.334. The van der Waals surface area contributed by atoms with Crippen molar-refractivity contribution in [2.75, 3.05) is 5.32 Å². The predicted octanol–water partition coefficient (Wildman–Crippen LogP) is 2.11. The standard InChI is InChI=1S/C29H32FN5O4.Na.H/c1-18(2)28-34-26(19-8-10-20(30)11-9-19)27(35(28)15-13-22(36)16-23(37)17-25(38)39)24-12-14-31-29(33-24)32-21-6-4-3-5-7-21;;/h3-12,14,18,22-23,36-37H,13,15-17H2,1-2H3,(H,38,39)(H,31,32,33);;/q;+1;-1/t22-,23-;;/m1../s1. The fraction of sp³-hybridized carbons (Fsp3) is 0.310. The van der Waals surface area contributed by atoms with E-state index in [1.807, 2.05) is 48.7 Å². The maximum atomic E-state index is 13.8. The van der Waals surface area contributed by atoms with Crippen LogP contribution in [0, 0.1) is 5.82 Å². The Hall–Kier alpha value is -3.15. The summed E-state index contributed by atoms with van der Waals surface area (Å²) in [6, 6.07) is 17.4. The van der Waals surface area contributed by atoms with Gasteiger partial charge in [0, 0.05) is 29.9 Å². The fourth-order valence-corrected chi connectivity index (χ4v) is 4.40. The second-order valence-corrected chi connectivity index (χ2v) is 9.67. The molecule has 0 amide bonds. The maximum Gasteiger partial charge on any atom is 1.00 e. The van der Waals surface area contributed by atoms with Gasteiger partial charge in [-0.1, -0.05) is 32.0 Å². The molecule has 9 nitrogen and oxygen atoms in total. The Bertz CT molecular complexity index is 1410. The third-order valence-electron chi connectivity index (χ3n) is 6.20. The number of benzene rings is 2. The van der Waals surface area contributed by atoms with E-state index in [1.54, 1.807) is 24.4 Å². The van der Waals surface area contributed by atoms with Crippen molar-refractivity contribution in [2.45, 2.75) is 57.8 Å². The van der Waals surface area contributed by atoms with Crippen molar-refractivity contribution in [1.29, 1.82) is 0 Å². The van der Waals surface area contributed by atoms with Gasteiger partial charge in [-0.05, 0) is 55.3 Å². The van der Waals surface area contributed by atoms with Crippen LogP contribution in [0.25, 0.3) is 22.6 Å². The van der Waals surface area contributed by atoms with Crippen molar-refractivity contribution in [1.82, 2.24) is 19.5 Å². The molecule has 0 aliphatic heterocycles. The first kappa shape index (κ1) is 31.4. The number of carboxylic acids is 1. The summed E-state index contributed by atoms with van der Waals surface area (Å²) in [4.78, 5) is 24.9. The molecule has 0 saturated heterocycles. The average molecular weight is 558 g/mol. The molecule has 4 rings (SSSR count). The number of aliphatic hydroxyl groups is 2. The molecule has 2 atom stereocenters. The van der Waals surface area contributed by atoms with E-state index in [4.69, 9.17) is 15.1 Å². The molecule has 4 aromatic rings. The minimum atomic E-state index is -1.15. The third-order valence-corrected chi connectivity index (χ3v) is 6.20. The number of nitrogens with one attached hydrogen (secondary N) is 1. The Morgan fingerprint density at radius 2 is 1.73 bits per heavy atom. The minimum Gasteiger partial charge on any atom is -1.00 e. The summed E-state index contributed by atoms with van der Waals surface area (Å²) in [5.41, 5.74) is 3.42. The molecule has 0 radical (unpaired) electrons. The van der Waals surface area contributed by atoms with Crippen molar-refractivity contribution in [3.05, 3.63) is 78.5 Å². The van der Waals surface area contributed by atoms with E-state index in [0.717, 1.165) is 11.5 Å². The molecule has 40 heavy (non-hydrogen) atoms. The number of hydrogen-bond donors (Lipinski definition) is 4. The molecule has 4 N–H and O–H groups in total. The molecule has 0 fully saturated rings. The van der Waals surface area contributed by atoms with E-state index in [2.05, 4.69) is 10.3 Å². The Morgan fingerprint density at radius 3 is 2.38 bits per heavy atom. The Kier molecular flexibility index (Phi) is 11.4. The molecule has 0 spiro atoms. The summed E-state index contributed by atoms with van der Waals surface area (Å²) in [5, 5.41) is 32.7. The van der Waals surface area contributed by atoms with Gasteiger partial charge in [0.05, 0.1) is 35.7 Å². The van der Waals surface area contributed by atoms with Crippen LogP contribution < -0.4 is 34.9 Å². The van der Waals surface area contributed by atoms with Gasteiger partial charge in [0.1, 0.15) is 11.6 Å². The Morgan fingerprint density at radius 1 is 1.02 bits per heavy atom. The summed E-state index contributed by atoms with van der Waals surface area (Å²) >= 11 is 0. The van der Waals surface area contributed by atoms with Crippen LogP contribution >= 0.6 is 0 Å². The topological polar surface area (TPSA) is 133 Å². The molecule has 0 aliphatic rings. The average Bonchev–Trinajstić information content (AvgIpc) is 3.28. The number of aliphatic carboxylic acids is 1. The molecule has 0 bridgehead atoms. The molecule has 0 aliphatic carbocycles. The number of anilines is 2. The normalized spacial score (nSPS) is 12.6. The van der Waals surface area contributed by atoms with Gasteiger partial charge in [0.2, 0.25) is 5.95 Å². The van der Waals surface area contributed by atoms with E-state index < -0.39 is 24.6 Å². The molecule has 11 heteroatoms. The smallest absolute Gasteiger partial charge is 1.00 e. The molecule has 206 valence electrons. The van der Waals surface area contributed by atoms with Crippen LogP contribution in [-0.2, 0) is 11.3 Å². The van der Waals surface area contributed by atoms with Gasteiger partial charge < -0.3 is 26.6 Å². The van der Waals surface area contributed by atoms with Gasteiger partial charge in [-0.15, -0.1) is 0 Å². The largest absolute Gasteiger partial charge is 1.00 e. The monoisotopic (exact) mass is 557 g/mol. The van der Waals surface area contributed by atoms with Gasteiger partial charge in [0.15, 0.2) is 0 Å². The van der Waals surface area contributed by atoms with Gasteiger partial charge in [-0.3, -0.25) is 4.79 Å². The first-order valence-electron chi connectivity index (χ1n) is 12.8. The van der Waals surface area contributed by atoms with Crippen LogP contribution in [0.1, 0.15) is 46.3 Å². The Balaban J connectivity index is 0.00000294. The first-order valence-corrected chi connectivity index (χ1v) is 12.8. The van der Waals surface area contributed by atoms with Gasteiger partial charge >= 0.3 is 35.5 Å². The van der Waals surface area contributed by atoms with E-state index in [0.29, 0.717) is 35.1 Å². The molecule has 0 unspecified atom stereocenters. The Labute approximate surface area is 255 Å². The van der Waals surface area contributed by atoms with Crippen molar-refractivity contribution < 1.29 is 55.5 Å². The molecule has 0 saturated carbocycles. The second-order valence-electron chi connectivity index (χ2n) is 9.67. The second kappa shape index (κ2) is 14.5. The SMILES string of the molecule is CC(C)c1nc(-c2ccc(F)cc2)c(-c2ccnc(Nc3ccccc3)n2)n1CC[C@@H](O)C[C@@H](O)CC(=O)O.[H-].[Na+]. The first-order chi connectivity index (χ1) is 18.7. The molecule has 2 aromatic carbocycles. The molecule has 2 aromatic heterocycles. The van der Waals surface area contributed by atoms with Crippen molar-refractivity contribution >= 4 is 17.6 Å². The number of halogens is 1. The summed E-state index contributed by atoms with van der Waals surface area (Å²) < 4.78 is 15.7. The van der Waals surface area contributed by atoms with E-state index in [9.17, 15) is 19.4 Å². The van der Waals surface area contributed by atoms with Crippen LogP contribution in [0.15, 0.2) is 66.9 Å². The van der Waals surface area contributed by atoms with Crippen LogP contribution in [0.4, 0.5) is 16.0 Å². The summed E-state index contributed by atoms with van der Waals surface area (Å²) in [6.07, 6.45) is -0.667. The van der Waals surface area contributed by atoms with E-state index >= 15 is 0 Å². The van der Waals surface area contributed by atoms with Crippen LogP contribution in [-0.4, -0.2) is 53.0 Å². The zero-order valence-electron chi connectivity index (χ0n) is 23.8. The van der Waals surface area contributed by atoms with E-state index in [1.165, 1.54) is 12.1 Å². The van der Waals surface area contributed by atoms with Crippen LogP contribution in [0.5, 0.6) is 0 Å². The number of para-hydroxylation sites is 1. The quantitative estimate of drug-likeness (QED) is 0.195. The number of aliphatic hydroxyl groups excluding tert-OH is 2. The zero-order chi connectivity index (χ0) is 27.9. The maximum absolute atomic E-state index is 13.8. The van der Waals surface area contributed by atoms with Gasteiger partial charge in [-0.25, -0.2) is 19.3 Å². The van der Waals surface area contributed by atoms with E-state index in [-0.39, 0.29) is 55.6 Å². The number of hydrogen-bond acceptors (Lipinski definition) is 7. The van der Waals surface area contributed by atoms with Crippen molar-refractivity contribution in [2.24, 2.45) is 0 Å². The van der Waals surface area contributed by atoms with Gasteiger partial charge in [0.25, 0.3) is 0 Å². The molecular weight excluding hydrogens is 524 g/mol. The zero-order valence-corrected chi connectivity index (χ0v) is 24.8. The summed E-state index contributed by atoms with van der Waals surface area (Å²) in [6.45, 7) is 4.35. The third kappa shape index (κ3) is 8.18. The van der Waals surface area contributed by atoms with Crippen molar-refractivity contribution in [3.63, 3.8) is 0 Å². The van der Waals surface area contributed by atoms with Gasteiger partial charge in [-0.2, -0.15) is 0 Å². The minimum absolute atomic E-state index is 0. The van der Waals surface area contributed by atoms with Crippen LogP contribution in [0.3, 0.4) is 0 Å². The fourth-order valence-electron chi connectivity index (χ4n) is 4.40. The number of aromatic nitrogens is 4. The molecular formula is C29H33FN5NaO4. The number of carboxylic acid groups (broad SMARTS) is 1. The molecule has 2 heterocycles. The summed E-state index contributed by atoms with van der Waals surface area (Å²) in [7, 11) is 0. The number of imidazole rings is 1. The van der Waals surface area contributed by atoms with Crippen LogP contribution in [0.2, 0.25) is 0 Å². The van der Waals surface area contributed by atoms with Crippen molar-refractivity contribution in [3.8, 4) is 22.6 Å². The predicted molar refractivity (Wildman–Crippen MR) is 147 cm³/mol. The number of rotatable bonds is 12. The number of nitrogens with zero attached hydrogens (tertiary/aromatic N) is 4.